The molecule has 0 saturated heterocycles. The molecule has 0 bridgehead atoms. The number of aryl methyl sites for hydroxylation is 2. The first-order valence-electron chi connectivity index (χ1n) is 6.73. The third-order valence-electron chi connectivity index (χ3n) is 3.20. The Morgan fingerprint density at radius 3 is 2.45 bits per heavy atom. The van der Waals surface area contributed by atoms with E-state index in [1.807, 2.05) is 32.9 Å². The van der Waals surface area contributed by atoms with Crippen LogP contribution in [-0.4, -0.2) is 5.76 Å². The lowest BCUT2D eigenvalue weighted by Crippen LogP contribution is -2.17. The molecule has 2 aromatic heterocycles. The van der Waals surface area contributed by atoms with E-state index in [9.17, 15) is 8.78 Å². The van der Waals surface area contributed by atoms with E-state index in [0.29, 0.717) is 24.1 Å². The van der Waals surface area contributed by atoms with Crippen molar-refractivity contribution in [2.45, 2.75) is 44.9 Å². The van der Waals surface area contributed by atoms with Crippen LogP contribution in [0.5, 0.6) is 0 Å². The molecule has 7 heteroatoms. The van der Waals surface area contributed by atoms with Gasteiger partial charge in [-0.1, -0.05) is 11.8 Å². The van der Waals surface area contributed by atoms with Crippen molar-refractivity contribution >= 4 is 24.2 Å². The first-order valence-corrected chi connectivity index (χ1v) is 7.78. The molecule has 0 spiro atoms. The molecule has 0 radical (unpaired) electrons. The highest BCUT2D eigenvalue weighted by atomic mass is 35.5. The Labute approximate surface area is 139 Å². The Morgan fingerprint density at radius 2 is 1.86 bits per heavy atom. The summed E-state index contributed by atoms with van der Waals surface area (Å²) in [5.74, 6) is 0.919. The van der Waals surface area contributed by atoms with E-state index in [1.54, 1.807) is 6.07 Å². The van der Waals surface area contributed by atoms with Gasteiger partial charge in [0.2, 0.25) is 0 Å². The van der Waals surface area contributed by atoms with Crippen molar-refractivity contribution in [1.29, 1.82) is 0 Å². The van der Waals surface area contributed by atoms with E-state index in [2.05, 4.69) is 5.32 Å². The van der Waals surface area contributed by atoms with E-state index in [0.717, 1.165) is 22.8 Å². The molecule has 0 amide bonds. The summed E-state index contributed by atoms with van der Waals surface area (Å²) in [4.78, 5) is 0. The second-order valence-corrected chi connectivity index (χ2v) is 5.89. The third kappa shape index (κ3) is 5.34. The molecule has 1 atom stereocenters. The number of furan rings is 2. The lowest BCUT2D eigenvalue weighted by Gasteiger charge is -2.11. The van der Waals surface area contributed by atoms with Crippen LogP contribution in [0.4, 0.5) is 8.78 Å². The van der Waals surface area contributed by atoms with Crippen LogP contribution in [0.3, 0.4) is 0 Å². The summed E-state index contributed by atoms with van der Waals surface area (Å²) in [6.07, 6.45) is 0. The summed E-state index contributed by atoms with van der Waals surface area (Å²) in [7, 11) is 0. The van der Waals surface area contributed by atoms with E-state index in [4.69, 9.17) is 8.83 Å². The fourth-order valence-corrected chi connectivity index (χ4v) is 2.63. The molecule has 0 aliphatic carbocycles. The van der Waals surface area contributed by atoms with Crippen LogP contribution >= 0.6 is 24.2 Å². The normalized spacial score (nSPS) is 12.5. The fraction of sp³-hybridized carbons (Fsp3) is 0.467. The van der Waals surface area contributed by atoms with Crippen LogP contribution in [0.1, 0.15) is 41.6 Å². The van der Waals surface area contributed by atoms with E-state index >= 15 is 0 Å². The summed E-state index contributed by atoms with van der Waals surface area (Å²) < 4.78 is 35.2. The molecule has 2 rings (SSSR count). The number of alkyl halides is 2. The van der Waals surface area contributed by atoms with E-state index in [-0.39, 0.29) is 24.2 Å². The van der Waals surface area contributed by atoms with Gasteiger partial charge in [-0.2, -0.15) is 8.78 Å². The van der Waals surface area contributed by atoms with Crippen molar-refractivity contribution < 1.29 is 17.6 Å². The number of nitrogens with one attached hydrogen (secondary N) is 1. The maximum Gasteiger partial charge on any atom is 0.284 e. The van der Waals surface area contributed by atoms with Crippen LogP contribution in [0.15, 0.2) is 27.0 Å². The average Bonchev–Trinajstić information content (AvgIpc) is 3.00. The summed E-state index contributed by atoms with van der Waals surface area (Å²) >= 11 is 0.564. The van der Waals surface area contributed by atoms with Gasteiger partial charge in [0.05, 0.1) is 12.3 Å². The smallest absolute Gasteiger partial charge is 0.284 e. The molecular formula is C15H20ClF2NO2S. The summed E-state index contributed by atoms with van der Waals surface area (Å²) in [6.45, 7) is 6.45. The minimum absolute atomic E-state index is 0. The molecule has 0 aromatic carbocycles. The molecule has 3 nitrogen and oxygen atoms in total. The molecule has 22 heavy (non-hydrogen) atoms. The standard InChI is InChI=1S/C15H19F2NO2S.ClH/c1-9-6-14(11(3)19-9)10(2)18-7-12-4-5-13(20-12)8-21-15(16)17;/h4-6,10,15,18H,7-8H2,1-3H3;1H. The minimum atomic E-state index is -2.37. The summed E-state index contributed by atoms with van der Waals surface area (Å²) in [5.41, 5.74) is 1.12. The Bertz CT molecular complexity index is 586. The van der Waals surface area contributed by atoms with Gasteiger partial charge in [0.25, 0.3) is 5.76 Å². The second kappa shape index (κ2) is 8.60. The van der Waals surface area contributed by atoms with Crippen molar-refractivity contribution in [3.63, 3.8) is 0 Å². The maximum absolute atomic E-state index is 12.1. The highest BCUT2D eigenvalue weighted by molar-refractivity contribution is 7.98. The van der Waals surface area contributed by atoms with Crippen LogP contribution in [0, 0.1) is 13.8 Å². The Kier molecular flexibility index (Phi) is 7.45. The van der Waals surface area contributed by atoms with Gasteiger partial charge in [0, 0.05) is 11.6 Å². The molecule has 124 valence electrons. The lowest BCUT2D eigenvalue weighted by molar-refractivity contribution is 0.251. The number of halogens is 3. The molecule has 1 unspecified atom stereocenters. The zero-order chi connectivity index (χ0) is 15.4. The Hall–Kier alpha value is -0.980. The highest BCUT2D eigenvalue weighted by Gasteiger charge is 2.13. The van der Waals surface area contributed by atoms with Gasteiger partial charge in [-0.3, -0.25) is 0 Å². The maximum atomic E-state index is 12.1. The molecule has 2 heterocycles. The van der Waals surface area contributed by atoms with Crippen LogP contribution in [0.2, 0.25) is 0 Å². The Balaban J connectivity index is 0.00000242. The summed E-state index contributed by atoms with van der Waals surface area (Å²) in [5, 5.41) is 3.34. The zero-order valence-corrected chi connectivity index (χ0v) is 14.3. The average molecular weight is 352 g/mol. The zero-order valence-electron chi connectivity index (χ0n) is 12.7. The fourth-order valence-electron chi connectivity index (χ4n) is 2.18. The number of rotatable bonds is 7. The quantitative estimate of drug-likeness (QED) is 0.742. The summed E-state index contributed by atoms with van der Waals surface area (Å²) in [6, 6.07) is 5.70. The van der Waals surface area contributed by atoms with E-state index in [1.165, 1.54) is 0 Å². The van der Waals surface area contributed by atoms with Crippen molar-refractivity contribution in [1.82, 2.24) is 5.32 Å². The third-order valence-corrected chi connectivity index (χ3v) is 3.90. The largest absolute Gasteiger partial charge is 0.466 e. The van der Waals surface area contributed by atoms with Crippen molar-refractivity contribution in [2.75, 3.05) is 0 Å². The molecule has 0 saturated carbocycles. The minimum Gasteiger partial charge on any atom is -0.466 e. The van der Waals surface area contributed by atoms with Gasteiger partial charge in [-0.15, -0.1) is 12.4 Å². The van der Waals surface area contributed by atoms with Crippen LogP contribution in [0.25, 0.3) is 0 Å². The van der Waals surface area contributed by atoms with Crippen LogP contribution in [-0.2, 0) is 12.3 Å². The van der Waals surface area contributed by atoms with Gasteiger partial charge in [0.15, 0.2) is 0 Å². The lowest BCUT2D eigenvalue weighted by atomic mass is 10.1. The SMILES string of the molecule is Cc1cc(C(C)NCc2ccc(CSC(F)F)o2)c(C)o1.Cl. The predicted molar refractivity (Wildman–Crippen MR) is 86.7 cm³/mol. The number of thioether (sulfide) groups is 1. The first kappa shape index (κ1) is 19.1. The van der Waals surface area contributed by atoms with Crippen molar-refractivity contribution in [3.8, 4) is 0 Å². The van der Waals surface area contributed by atoms with Gasteiger partial charge in [-0.25, -0.2) is 0 Å². The van der Waals surface area contributed by atoms with Gasteiger partial charge in [0.1, 0.15) is 23.0 Å². The Morgan fingerprint density at radius 1 is 1.18 bits per heavy atom. The molecule has 1 N–H and O–H groups in total. The van der Waals surface area contributed by atoms with Gasteiger partial charge >= 0.3 is 0 Å². The van der Waals surface area contributed by atoms with E-state index < -0.39 is 5.76 Å². The number of hydrogen-bond donors (Lipinski definition) is 1. The van der Waals surface area contributed by atoms with Crippen molar-refractivity contribution in [3.05, 3.63) is 46.8 Å². The van der Waals surface area contributed by atoms with Gasteiger partial charge in [-0.05, 0) is 39.0 Å². The first-order chi connectivity index (χ1) is 9.95. The topological polar surface area (TPSA) is 38.3 Å². The van der Waals surface area contributed by atoms with Gasteiger partial charge < -0.3 is 14.2 Å². The second-order valence-electron chi connectivity index (χ2n) is 4.91. The van der Waals surface area contributed by atoms with Crippen molar-refractivity contribution in [2.24, 2.45) is 0 Å². The predicted octanol–water partition coefficient (Wildman–Crippen LogP) is 5.22. The molecular weight excluding hydrogens is 332 g/mol. The van der Waals surface area contributed by atoms with Crippen LogP contribution < -0.4 is 5.32 Å². The highest BCUT2D eigenvalue weighted by Crippen LogP contribution is 2.23. The molecule has 0 aliphatic rings. The molecule has 2 aromatic rings. The number of hydrogen-bond acceptors (Lipinski definition) is 4. The molecule has 0 fully saturated rings. The monoisotopic (exact) mass is 351 g/mol. The molecule has 0 aliphatic heterocycles.